The van der Waals surface area contributed by atoms with Crippen LogP contribution in [0.1, 0.15) is 31.0 Å². The fourth-order valence-corrected chi connectivity index (χ4v) is 1.61. The second kappa shape index (κ2) is 4.53. The molecule has 1 unspecified atom stereocenters. The van der Waals surface area contributed by atoms with Crippen molar-refractivity contribution in [2.75, 3.05) is 6.54 Å². The SMILES string of the molecule is NC(CNC1CCC1)c1ccccn1. The van der Waals surface area contributed by atoms with Crippen molar-refractivity contribution in [1.29, 1.82) is 0 Å². The zero-order valence-corrected chi connectivity index (χ0v) is 8.32. The Morgan fingerprint density at radius 1 is 1.50 bits per heavy atom. The number of hydrogen-bond acceptors (Lipinski definition) is 3. The summed E-state index contributed by atoms with van der Waals surface area (Å²) < 4.78 is 0. The molecule has 0 radical (unpaired) electrons. The Labute approximate surface area is 84.7 Å². The van der Waals surface area contributed by atoms with Crippen LogP contribution >= 0.6 is 0 Å². The Hall–Kier alpha value is -0.930. The van der Waals surface area contributed by atoms with Gasteiger partial charge in [0.15, 0.2) is 0 Å². The average molecular weight is 191 g/mol. The fourth-order valence-electron chi connectivity index (χ4n) is 1.61. The molecule has 3 heteroatoms. The molecule has 1 aromatic heterocycles. The minimum atomic E-state index is 0.0248. The molecular weight excluding hydrogens is 174 g/mol. The van der Waals surface area contributed by atoms with Crippen LogP contribution in [0.5, 0.6) is 0 Å². The molecule has 1 heterocycles. The van der Waals surface area contributed by atoms with Gasteiger partial charge in [-0.2, -0.15) is 0 Å². The van der Waals surface area contributed by atoms with Crippen LogP contribution in [-0.2, 0) is 0 Å². The smallest absolute Gasteiger partial charge is 0.0596 e. The summed E-state index contributed by atoms with van der Waals surface area (Å²) in [6.07, 6.45) is 5.75. The van der Waals surface area contributed by atoms with Gasteiger partial charge in [-0.3, -0.25) is 4.98 Å². The number of nitrogens with zero attached hydrogens (tertiary/aromatic N) is 1. The summed E-state index contributed by atoms with van der Waals surface area (Å²) in [5.41, 5.74) is 6.97. The van der Waals surface area contributed by atoms with E-state index in [1.807, 2.05) is 18.2 Å². The van der Waals surface area contributed by atoms with Gasteiger partial charge in [-0.25, -0.2) is 0 Å². The third-order valence-electron chi connectivity index (χ3n) is 2.80. The highest BCUT2D eigenvalue weighted by Gasteiger charge is 2.17. The molecule has 0 aliphatic heterocycles. The normalized spacial score (nSPS) is 18.9. The second-order valence-electron chi connectivity index (χ2n) is 3.90. The van der Waals surface area contributed by atoms with Gasteiger partial charge in [-0.1, -0.05) is 12.5 Å². The summed E-state index contributed by atoms with van der Waals surface area (Å²) in [5, 5.41) is 3.45. The minimum absolute atomic E-state index is 0.0248. The van der Waals surface area contributed by atoms with Gasteiger partial charge in [-0.05, 0) is 25.0 Å². The van der Waals surface area contributed by atoms with Crippen molar-refractivity contribution in [3.63, 3.8) is 0 Å². The lowest BCUT2D eigenvalue weighted by atomic mass is 9.93. The zero-order chi connectivity index (χ0) is 9.80. The van der Waals surface area contributed by atoms with Crippen molar-refractivity contribution in [1.82, 2.24) is 10.3 Å². The Morgan fingerprint density at radius 2 is 2.36 bits per heavy atom. The molecular formula is C11H17N3. The second-order valence-corrected chi connectivity index (χ2v) is 3.90. The topological polar surface area (TPSA) is 50.9 Å². The molecule has 3 nitrogen and oxygen atoms in total. The van der Waals surface area contributed by atoms with Crippen LogP contribution in [0.3, 0.4) is 0 Å². The molecule has 0 amide bonds. The predicted octanol–water partition coefficient (Wildman–Crippen LogP) is 1.22. The third-order valence-corrected chi connectivity index (χ3v) is 2.80. The first kappa shape index (κ1) is 9.62. The molecule has 2 rings (SSSR count). The Kier molecular flexibility index (Phi) is 3.11. The van der Waals surface area contributed by atoms with E-state index in [0.717, 1.165) is 12.2 Å². The van der Waals surface area contributed by atoms with Crippen molar-refractivity contribution in [3.05, 3.63) is 30.1 Å². The molecule has 1 fully saturated rings. The number of hydrogen-bond donors (Lipinski definition) is 2. The highest BCUT2D eigenvalue weighted by atomic mass is 15.0. The molecule has 1 aromatic rings. The van der Waals surface area contributed by atoms with Gasteiger partial charge < -0.3 is 11.1 Å². The summed E-state index contributed by atoms with van der Waals surface area (Å²) in [6.45, 7) is 0.835. The quantitative estimate of drug-likeness (QED) is 0.752. The van der Waals surface area contributed by atoms with Crippen LogP contribution in [0.15, 0.2) is 24.4 Å². The number of nitrogens with one attached hydrogen (secondary N) is 1. The average Bonchev–Trinajstić information content (AvgIpc) is 2.16. The minimum Gasteiger partial charge on any atom is -0.322 e. The van der Waals surface area contributed by atoms with E-state index in [0.29, 0.717) is 6.04 Å². The first-order chi connectivity index (χ1) is 6.86. The predicted molar refractivity (Wildman–Crippen MR) is 56.8 cm³/mol. The van der Waals surface area contributed by atoms with Gasteiger partial charge >= 0.3 is 0 Å². The van der Waals surface area contributed by atoms with Crippen molar-refractivity contribution < 1.29 is 0 Å². The number of pyridine rings is 1. The van der Waals surface area contributed by atoms with Crippen LogP contribution in [0, 0.1) is 0 Å². The van der Waals surface area contributed by atoms with E-state index in [2.05, 4.69) is 10.3 Å². The molecule has 14 heavy (non-hydrogen) atoms. The zero-order valence-electron chi connectivity index (χ0n) is 8.32. The van der Waals surface area contributed by atoms with E-state index in [4.69, 9.17) is 5.73 Å². The van der Waals surface area contributed by atoms with E-state index >= 15 is 0 Å². The summed E-state index contributed by atoms with van der Waals surface area (Å²) >= 11 is 0. The highest BCUT2D eigenvalue weighted by Crippen LogP contribution is 2.18. The molecule has 0 bridgehead atoms. The van der Waals surface area contributed by atoms with Crippen molar-refractivity contribution in [3.8, 4) is 0 Å². The largest absolute Gasteiger partial charge is 0.322 e. The van der Waals surface area contributed by atoms with Crippen molar-refractivity contribution in [2.45, 2.75) is 31.3 Å². The van der Waals surface area contributed by atoms with E-state index < -0.39 is 0 Å². The number of rotatable bonds is 4. The lowest BCUT2D eigenvalue weighted by molar-refractivity contribution is 0.332. The van der Waals surface area contributed by atoms with E-state index in [1.54, 1.807) is 6.20 Å². The van der Waals surface area contributed by atoms with Gasteiger partial charge in [0.25, 0.3) is 0 Å². The van der Waals surface area contributed by atoms with Crippen LogP contribution in [0.25, 0.3) is 0 Å². The molecule has 0 saturated heterocycles. The number of aromatic nitrogens is 1. The summed E-state index contributed by atoms with van der Waals surface area (Å²) in [6, 6.07) is 6.59. The van der Waals surface area contributed by atoms with Crippen molar-refractivity contribution >= 4 is 0 Å². The van der Waals surface area contributed by atoms with Crippen molar-refractivity contribution in [2.24, 2.45) is 5.73 Å². The Morgan fingerprint density at radius 3 is 2.93 bits per heavy atom. The molecule has 1 atom stereocenters. The van der Waals surface area contributed by atoms with Crippen LogP contribution in [-0.4, -0.2) is 17.6 Å². The maximum Gasteiger partial charge on any atom is 0.0596 e. The van der Waals surface area contributed by atoms with Gasteiger partial charge in [0.1, 0.15) is 0 Å². The standard InChI is InChI=1S/C11H17N3/c12-10(8-14-9-4-3-5-9)11-6-1-2-7-13-11/h1-2,6-7,9-10,14H,3-5,8,12H2. The van der Waals surface area contributed by atoms with Gasteiger partial charge in [0.2, 0.25) is 0 Å². The van der Waals surface area contributed by atoms with E-state index in [1.165, 1.54) is 19.3 Å². The lowest BCUT2D eigenvalue weighted by Gasteiger charge is -2.27. The highest BCUT2D eigenvalue weighted by molar-refractivity contribution is 5.08. The van der Waals surface area contributed by atoms with Gasteiger partial charge in [0, 0.05) is 18.8 Å². The first-order valence-corrected chi connectivity index (χ1v) is 5.26. The van der Waals surface area contributed by atoms with Crippen LogP contribution in [0.2, 0.25) is 0 Å². The summed E-state index contributed by atoms with van der Waals surface area (Å²) in [4.78, 5) is 4.24. The molecule has 0 spiro atoms. The number of nitrogens with two attached hydrogens (primary N) is 1. The van der Waals surface area contributed by atoms with E-state index in [-0.39, 0.29) is 6.04 Å². The van der Waals surface area contributed by atoms with Gasteiger partial charge in [0.05, 0.1) is 11.7 Å². The summed E-state index contributed by atoms with van der Waals surface area (Å²) in [7, 11) is 0. The van der Waals surface area contributed by atoms with Gasteiger partial charge in [-0.15, -0.1) is 0 Å². The maximum atomic E-state index is 6.00. The van der Waals surface area contributed by atoms with Crippen LogP contribution < -0.4 is 11.1 Å². The maximum absolute atomic E-state index is 6.00. The molecule has 0 aromatic carbocycles. The monoisotopic (exact) mass is 191 g/mol. The molecule has 1 aliphatic rings. The Bertz CT molecular complexity index is 269. The fraction of sp³-hybridized carbons (Fsp3) is 0.545. The molecule has 76 valence electrons. The van der Waals surface area contributed by atoms with E-state index in [9.17, 15) is 0 Å². The third kappa shape index (κ3) is 2.30. The molecule has 1 aliphatic carbocycles. The first-order valence-electron chi connectivity index (χ1n) is 5.26. The lowest BCUT2D eigenvalue weighted by Crippen LogP contribution is -2.39. The molecule has 1 saturated carbocycles. The Balaban J connectivity index is 1.80. The van der Waals surface area contributed by atoms with Crippen LogP contribution in [0.4, 0.5) is 0 Å². The molecule has 3 N–H and O–H groups in total. The summed E-state index contributed by atoms with van der Waals surface area (Å²) in [5.74, 6) is 0.